The number of ether oxygens (including phenoxy) is 1. The summed E-state index contributed by atoms with van der Waals surface area (Å²) in [7, 11) is 0. The molecular weight excluding hydrogens is 376 g/mol. The van der Waals surface area contributed by atoms with Crippen molar-refractivity contribution >= 4 is 23.7 Å². The van der Waals surface area contributed by atoms with Crippen molar-refractivity contribution in [3.8, 4) is 0 Å². The van der Waals surface area contributed by atoms with Crippen LogP contribution in [0.4, 0.5) is 0 Å². The van der Waals surface area contributed by atoms with E-state index in [1.54, 1.807) is 50.2 Å². The molecule has 29 heavy (non-hydrogen) atoms. The van der Waals surface area contributed by atoms with E-state index in [0.717, 1.165) is 4.90 Å². The SMILES string of the molecule is CC(C)[C@@H](C(=O)O[C@@H](C)C(=O)NCc1ccco1)N1C(=O)c2ccccc2C1=O. The van der Waals surface area contributed by atoms with Crippen LogP contribution in [0.15, 0.2) is 47.1 Å². The van der Waals surface area contributed by atoms with Crippen LogP contribution in [-0.4, -0.2) is 40.7 Å². The fourth-order valence-corrected chi connectivity index (χ4v) is 3.16. The standard InChI is InChI=1S/C21H22N2O6/c1-12(2)17(23-19(25)15-8-4-5-9-16(15)20(23)26)21(27)29-13(3)18(24)22-11-14-7-6-10-28-14/h4-10,12-13,17H,11H2,1-3H3,(H,22,24)/t13-,17-/m0/s1. The Kier molecular flexibility index (Phi) is 5.81. The first kappa shape index (κ1) is 20.3. The molecule has 1 aliphatic heterocycles. The van der Waals surface area contributed by atoms with Crippen LogP contribution in [0.25, 0.3) is 0 Å². The second-order valence-corrected chi connectivity index (χ2v) is 7.09. The predicted octanol–water partition coefficient (Wildman–Crippen LogP) is 2.15. The zero-order valence-electron chi connectivity index (χ0n) is 16.4. The Bertz CT molecular complexity index is 899. The molecule has 0 bridgehead atoms. The van der Waals surface area contributed by atoms with Gasteiger partial charge < -0.3 is 14.5 Å². The van der Waals surface area contributed by atoms with E-state index in [9.17, 15) is 19.2 Å². The number of nitrogens with zero attached hydrogens (tertiary/aromatic N) is 1. The molecule has 2 atom stereocenters. The lowest BCUT2D eigenvalue weighted by atomic mass is 10.0. The van der Waals surface area contributed by atoms with E-state index in [2.05, 4.69) is 5.32 Å². The number of furan rings is 1. The molecule has 8 nitrogen and oxygen atoms in total. The van der Waals surface area contributed by atoms with Crippen molar-refractivity contribution in [3.05, 3.63) is 59.5 Å². The third-order valence-corrected chi connectivity index (χ3v) is 4.66. The van der Waals surface area contributed by atoms with Gasteiger partial charge in [-0.05, 0) is 37.1 Å². The van der Waals surface area contributed by atoms with E-state index in [0.29, 0.717) is 5.76 Å². The highest BCUT2D eigenvalue weighted by atomic mass is 16.5. The van der Waals surface area contributed by atoms with Gasteiger partial charge in [0.1, 0.15) is 11.8 Å². The van der Waals surface area contributed by atoms with Gasteiger partial charge in [0.05, 0.1) is 23.9 Å². The topological polar surface area (TPSA) is 106 Å². The van der Waals surface area contributed by atoms with Crippen molar-refractivity contribution in [2.45, 2.75) is 39.5 Å². The molecule has 0 fully saturated rings. The predicted molar refractivity (Wildman–Crippen MR) is 102 cm³/mol. The number of carbonyl (C=O) groups is 4. The molecule has 2 heterocycles. The van der Waals surface area contributed by atoms with Gasteiger partial charge in [-0.15, -0.1) is 0 Å². The molecule has 0 spiro atoms. The van der Waals surface area contributed by atoms with Gasteiger partial charge in [0.2, 0.25) is 0 Å². The minimum Gasteiger partial charge on any atom is -0.467 e. The number of esters is 1. The van der Waals surface area contributed by atoms with E-state index in [-0.39, 0.29) is 17.7 Å². The van der Waals surface area contributed by atoms with E-state index in [1.807, 2.05) is 0 Å². The van der Waals surface area contributed by atoms with Gasteiger partial charge in [0, 0.05) is 0 Å². The summed E-state index contributed by atoms with van der Waals surface area (Å²) in [4.78, 5) is 51.4. The minimum absolute atomic E-state index is 0.153. The lowest BCUT2D eigenvalue weighted by Crippen LogP contribution is -2.50. The molecule has 152 valence electrons. The number of hydrogen-bond donors (Lipinski definition) is 1. The fourth-order valence-electron chi connectivity index (χ4n) is 3.16. The summed E-state index contributed by atoms with van der Waals surface area (Å²) in [6.07, 6.45) is 0.383. The molecule has 2 aromatic rings. The number of imide groups is 1. The Morgan fingerprint density at radius 2 is 1.66 bits per heavy atom. The highest BCUT2D eigenvalue weighted by Crippen LogP contribution is 2.27. The average Bonchev–Trinajstić information content (AvgIpc) is 3.29. The summed E-state index contributed by atoms with van der Waals surface area (Å²) in [5.74, 6) is -2.26. The third-order valence-electron chi connectivity index (χ3n) is 4.66. The number of hydrogen-bond acceptors (Lipinski definition) is 6. The lowest BCUT2D eigenvalue weighted by Gasteiger charge is -2.28. The van der Waals surface area contributed by atoms with Gasteiger partial charge in [-0.1, -0.05) is 26.0 Å². The first-order valence-corrected chi connectivity index (χ1v) is 9.28. The van der Waals surface area contributed by atoms with Crippen LogP contribution in [0, 0.1) is 5.92 Å². The molecule has 8 heteroatoms. The maximum Gasteiger partial charge on any atom is 0.330 e. The Balaban J connectivity index is 1.69. The maximum atomic E-state index is 12.8. The Morgan fingerprint density at radius 3 is 2.17 bits per heavy atom. The summed E-state index contributed by atoms with van der Waals surface area (Å²) >= 11 is 0. The number of amides is 3. The smallest absolute Gasteiger partial charge is 0.330 e. The molecule has 1 aliphatic rings. The molecule has 0 unspecified atom stereocenters. The van der Waals surface area contributed by atoms with E-state index in [4.69, 9.17) is 9.15 Å². The molecule has 0 saturated heterocycles. The van der Waals surface area contributed by atoms with Gasteiger partial charge >= 0.3 is 5.97 Å². The van der Waals surface area contributed by atoms with Crippen LogP contribution in [0.5, 0.6) is 0 Å². The van der Waals surface area contributed by atoms with Crippen LogP contribution in [-0.2, 0) is 20.9 Å². The average molecular weight is 398 g/mol. The molecule has 1 aromatic heterocycles. The number of fused-ring (bicyclic) bond motifs is 1. The summed E-state index contributed by atoms with van der Waals surface area (Å²) in [6.45, 7) is 4.99. The highest BCUT2D eigenvalue weighted by Gasteiger charge is 2.45. The van der Waals surface area contributed by atoms with Crippen LogP contribution in [0.3, 0.4) is 0 Å². The summed E-state index contributed by atoms with van der Waals surface area (Å²) < 4.78 is 10.4. The highest BCUT2D eigenvalue weighted by molar-refractivity contribution is 6.22. The van der Waals surface area contributed by atoms with Crippen molar-refractivity contribution in [3.63, 3.8) is 0 Å². The molecule has 0 saturated carbocycles. The van der Waals surface area contributed by atoms with Crippen LogP contribution < -0.4 is 5.32 Å². The number of benzene rings is 1. The third kappa shape index (κ3) is 4.06. The fraction of sp³-hybridized carbons (Fsp3) is 0.333. The Morgan fingerprint density at radius 1 is 1.03 bits per heavy atom. The molecule has 0 radical (unpaired) electrons. The second-order valence-electron chi connectivity index (χ2n) is 7.09. The van der Waals surface area contributed by atoms with Crippen molar-refractivity contribution in [2.75, 3.05) is 0 Å². The van der Waals surface area contributed by atoms with Gasteiger partial charge in [-0.3, -0.25) is 19.3 Å². The number of nitrogens with one attached hydrogen (secondary N) is 1. The van der Waals surface area contributed by atoms with Crippen LogP contribution >= 0.6 is 0 Å². The summed E-state index contributed by atoms with van der Waals surface area (Å²) in [6, 6.07) is 8.66. The van der Waals surface area contributed by atoms with Crippen molar-refractivity contribution < 1.29 is 28.3 Å². The van der Waals surface area contributed by atoms with Gasteiger partial charge in [0.25, 0.3) is 17.7 Å². The van der Waals surface area contributed by atoms with Crippen LogP contribution in [0.2, 0.25) is 0 Å². The van der Waals surface area contributed by atoms with Gasteiger partial charge in [-0.25, -0.2) is 4.79 Å². The summed E-state index contributed by atoms with van der Waals surface area (Å²) in [5, 5.41) is 2.60. The quantitative estimate of drug-likeness (QED) is 0.566. The number of rotatable bonds is 7. The lowest BCUT2D eigenvalue weighted by molar-refractivity contribution is -0.159. The van der Waals surface area contributed by atoms with Crippen molar-refractivity contribution in [1.29, 1.82) is 0 Å². The molecular formula is C21H22N2O6. The first-order valence-electron chi connectivity index (χ1n) is 9.28. The minimum atomic E-state index is -1.14. The Hall–Kier alpha value is -3.42. The summed E-state index contributed by atoms with van der Waals surface area (Å²) in [5.41, 5.74) is 0.500. The largest absolute Gasteiger partial charge is 0.467 e. The van der Waals surface area contributed by atoms with E-state index in [1.165, 1.54) is 13.2 Å². The van der Waals surface area contributed by atoms with E-state index < -0.39 is 41.8 Å². The normalized spacial score (nSPS) is 15.2. The zero-order chi connectivity index (χ0) is 21.1. The van der Waals surface area contributed by atoms with Gasteiger partial charge in [-0.2, -0.15) is 0 Å². The monoisotopic (exact) mass is 398 g/mol. The molecule has 1 aromatic carbocycles. The second kappa shape index (κ2) is 8.30. The van der Waals surface area contributed by atoms with Crippen LogP contribution in [0.1, 0.15) is 47.2 Å². The van der Waals surface area contributed by atoms with E-state index >= 15 is 0 Å². The molecule has 1 N–H and O–H groups in total. The van der Waals surface area contributed by atoms with Gasteiger partial charge in [0.15, 0.2) is 6.10 Å². The van der Waals surface area contributed by atoms with Crippen molar-refractivity contribution in [1.82, 2.24) is 10.2 Å². The number of carbonyl (C=O) groups excluding carboxylic acids is 4. The first-order chi connectivity index (χ1) is 13.8. The maximum absolute atomic E-state index is 12.8. The zero-order valence-corrected chi connectivity index (χ0v) is 16.4. The molecule has 0 aliphatic carbocycles. The molecule has 3 amide bonds. The Labute approximate surface area is 167 Å². The van der Waals surface area contributed by atoms with Crippen molar-refractivity contribution in [2.24, 2.45) is 5.92 Å². The molecule has 3 rings (SSSR count).